The third kappa shape index (κ3) is 2.90. The van der Waals surface area contributed by atoms with Crippen LogP contribution in [0.1, 0.15) is 15.3 Å². The van der Waals surface area contributed by atoms with Gasteiger partial charge in [0.05, 0.1) is 0 Å². The van der Waals surface area contributed by atoms with Crippen molar-refractivity contribution in [1.29, 1.82) is 0 Å². The van der Waals surface area contributed by atoms with Gasteiger partial charge in [-0.1, -0.05) is 43.0 Å². The maximum absolute atomic E-state index is 11.8. The number of hydrogen-bond donors (Lipinski definition) is 1. The quantitative estimate of drug-likeness (QED) is 0.438. The fourth-order valence-corrected chi connectivity index (χ4v) is 3.58. The molecule has 0 spiro atoms. The molecule has 3 rings (SSSR count). The molecule has 0 aromatic heterocycles. The molecule has 0 saturated carbocycles. The van der Waals surface area contributed by atoms with E-state index < -0.39 is 10.1 Å². The second-order valence-electron chi connectivity index (χ2n) is 5.12. The zero-order valence-corrected chi connectivity index (χ0v) is 14.4. The Kier molecular flexibility index (Phi) is 4.63. The molecule has 5 heteroatoms. The summed E-state index contributed by atoms with van der Waals surface area (Å²) in [6, 6.07) is 14.9. The Morgan fingerprint density at radius 1 is 1.05 bits per heavy atom. The Morgan fingerprint density at radius 2 is 1.64 bits per heavy atom. The zero-order chi connectivity index (χ0) is 15.2. The summed E-state index contributed by atoms with van der Waals surface area (Å²) in [5, 5.41) is 3.23. The number of fused-ring (bicyclic) bond motifs is 2. The van der Waals surface area contributed by atoms with Crippen molar-refractivity contribution in [2.24, 2.45) is 0 Å². The fraction of sp³-hybridized carbons (Fsp3) is 0.0588. The number of hydrogen-bond acceptors (Lipinski definition) is 2. The van der Waals surface area contributed by atoms with E-state index in [0.717, 1.165) is 16.2 Å². The van der Waals surface area contributed by atoms with Gasteiger partial charge < -0.3 is 2.85 Å². The van der Waals surface area contributed by atoms with Crippen LogP contribution in [0, 0.1) is 0 Å². The van der Waals surface area contributed by atoms with Crippen LogP contribution >= 0.6 is 0 Å². The molecule has 0 saturated heterocycles. The van der Waals surface area contributed by atoms with E-state index in [0.29, 0.717) is 16.5 Å². The molecule has 0 aliphatic carbocycles. The normalized spacial score (nSPS) is 11.4. The number of rotatable bonds is 2. The molecule has 0 bridgehead atoms. The summed E-state index contributed by atoms with van der Waals surface area (Å²) < 4.78 is 33.3. The molecule has 0 aliphatic heterocycles. The first-order valence-corrected chi connectivity index (χ1v) is 7.91. The van der Waals surface area contributed by atoms with E-state index >= 15 is 0 Å². The van der Waals surface area contributed by atoms with Gasteiger partial charge in [-0.2, -0.15) is 8.42 Å². The SMILES string of the molecule is C=C(C)c1ccc2cc3ccccc3cc2c1S(=O)(=O)O.[H-].[H-].[Mg+2]. The first-order valence-electron chi connectivity index (χ1n) is 6.47. The molecule has 3 aromatic carbocycles. The summed E-state index contributed by atoms with van der Waals surface area (Å²) in [7, 11) is -4.33. The minimum absolute atomic E-state index is 0. The zero-order valence-electron chi connectivity index (χ0n) is 14.2. The molecule has 0 amide bonds. The van der Waals surface area contributed by atoms with Gasteiger partial charge in [-0.15, -0.1) is 0 Å². The first-order chi connectivity index (χ1) is 9.88. The van der Waals surface area contributed by atoms with Crippen molar-refractivity contribution in [2.45, 2.75) is 11.8 Å². The van der Waals surface area contributed by atoms with Gasteiger partial charge in [0.1, 0.15) is 4.90 Å². The molecule has 0 heterocycles. The third-order valence-corrected chi connectivity index (χ3v) is 4.51. The first kappa shape index (κ1) is 17.0. The van der Waals surface area contributed by atoms with Crippen LogP contribution in [-0.4, -0.2) is 36.0 Å². The largest absolute Gasteiger partial charge is 2.00 e. The second-order valence-corrected chi connectivity index (χ2v) is 6.48. The molecule has 0 atom stereocenters. The van der Waals surface area contributed by atoms with E-state index in [-0.39, 0.29) is 30.8 Å². The van der Waals surface area contributed by atoms with Gasteiger partial charge in [-0.05, 0) is 46.4 Å². The van der Waals surface area contributed by atoms with Crippen LogP contribution in [0.2, 0.25) is 0 Å². The van der Waals surface area contributed by atoms with Gasteiger partial charge in [-0.3, -0.25) is 4.55 Å². The molecule has 3 nitrogen and oxygen atoms in total. The van der Waals surface area contributed by atoms with Crippen LogP contribution in [0.25, 0.3) is 27.1 Å². The van der Waals surface area contributed by atoms with Crippen LogP contribution in [0.3, 0.4) is 0 Å². The Morgan fingerprint density at radius 3 is 2.18 bits per heavy atom. The molecular formula is C17H16MgO3S. The summed E-state index contributed by atoms with van der Waals surface area (Å²) in [5.41, 5.74) is 1.04. The fourth-order valence-electron chi connectivity index (χ4n) is 2.60. The van der Waals surface area contributed by atoms with E-state index in [1.54, 1.807) is 19.1 Å². The monoisotopic (exact) mass is 324 g/mol. The summed E-state index contributed by atoms with van der Waals surface area (Å²) in [6.07, 6.45) is 0. The van der Waals surface area contributed by atoms with E-state index in [9.17, 15) is 13.0 Å². The Bertz CT molecular complexity index is 1000. The van der Waals surface area contributed by atoms with E-state index in [4.69, 9.17) is 0 Å². The van der Waals surface area contributed by atoms with Gasteiger partial charge in [-0.25, -0.2) is 0 Å². The molecule has 0 radical (unpaired) electrons. The van der Waals surface area contributed by atoms with E-state index in [2.05, 4.69) is 6.58 Å². The molecule has 22 heavy (non-hydrogen) atoms. The van der Waals surface area contributed by atoms with Crippen molar-refractivity contribution in [1.82, 2.24) is 0 Å². The van der Waals surface area contributed by atoms with Crippen LogP contribution in [-0.2, 0) is 10.1 Å². The summed E-state index contributed by atoms with van der Waals surface area (Å²) in [6.45, 7) is 5.51. The standard InChI is InChI=1S/C17H14O3S.Mg.2H/c1-11(2)15-8-7-14-9-12-5-3-4-6-13(12)10-16(14)17(15)21(18,19)20;;;/h3-10H,1H2,2H3,(H,18,19,20);;;/q;+2;2*-1. The smallest absolute Gasteiger partial charge is 1.00 e. The van der Waals surface area contributed by atoms with Crippen LogP contribution in [0.5, 0.6) is 0 Å². The second kappa shape index (κ2) is 6.00. The van der Waals surface area contributed by atoms with Crippen molar-refractivity contribution in [3.8, 4) is 0 Å². The Labute approximate surface area is 148 Å². The maximum Gasteiger partial charge on any atom is 2.00 e. The van der Waals surface area contributed by atoms with Crippen LogP contribution in [0.15, 0.2) is 60.0 Å². The summed E-state index contributed by atoms with van der Waals surface area (Å²) >= 11 is 0. The van der Waals surface area contributed by atoms with Crippen molar-refractivity contribution in [2.75, 3.05) is 0 Å². The molecule has 110 valence electrons. The minimum Gasteiger partial charge on any atom is -1.00 e. The Hall–Kier alpha value is -1.40. The van der Waals surface area contributed by atoms with E-state index in [1.807, 2.05) is 36.4 Å². The summed E-state index contributed by atoms with van der Waals surface area (Å²) in [5.74, 6) is 0. The van der Waals surface area contributed by atoms with Gasteiger partial charge in [0.15, 0.2) is 0 Å². The molecule has 0 aliphatic rings. The third-order valence-electron chi connectivity index (χ3n) is 3.55. The molecule has 0 fully saturated rings. The average Bonchev–Trinajstić information content (AvgIpc) is 2.42. The van der Waals surface area contributed by atoms with Gasteiger partial charge in [0, 0.05) is 5.39 Å². The average molecular weight is 325 g/mol. The van der Waals surface area contributed by atoms with E-state index in [1.165, 1.54) is 0 Å². The van der Waals surface area contributed by atoms with Crippen molar-refractivity contribution in [3.63, 3.8) is 0 Å². The predicted octanol–water partition coefficient (Wildman–Crippen LogP) is 4.12. The van der Waals surface area contributed by atoms with Gasteiger partial charge in [0.25, 0.3) is 10.1 Å². The molecular weight excluding hydrogens is 309 g/mol. The molecule has 1 N–H and O–H groups in total. The molecule has 3 aromatic rings. The van der Waals surface area contributed by atoms with Crippen molar-refractivity contribution in [3.05, 3.63) is 60.7 Å². The van der Waals surface area contributed by atoms with Gasteiger partial charge in [0.2, 0.25) is 0 Å². The Balaban J connectivity index is 0.00000176. The maximum atomic E-state index is 11.8. The van der Waals surface area contributed by atoms with Crippen molar-refractivity contribution < 1.29 is 15.8 Å². The van der Waals surface area contributed by atoms with Crippen LogP contribution < -0.4 is 0 Å². The summed E-state index contributed by atoms with van der Waals surface area (Å²) in [4.78, 5) is -0.0711. The minimum atomic E-state index is -4.33. The number of benzene rings is 3. The van der Waals surface area contributed by atoms with Gasteiger partial charge >= 0.3 is 23.1 Å². The van der Waals surface area contributed by atoms with Crippen molar-refractivity contribution >= 4 is 60.3 Å². The molecule has 0 unspecified atom stereocenters. The number of allylic oxidation sites excluding steroid dienone is 1. The topological polar surface area (TPSA) is 54.4 Å². The predicted molar refractivity (Wildman–Crippen MR) is 94.0 cm³/mol. The van der Waals surface area contributed by atoms with Crippen LogP contribution in [0.4, 0.5) is 0 Å².